The molecule has 0 spiro atoms. The number of nitrogens with zero attached hydrogens (tertiary/aromatic N) is 1. The number of pyridine rings is 1. The lowest BCUT2D eigenvalue weighted by Gasteiger charge is -2.27. The number of halogens is 1. The van der Waals surface area contributed by atoms with Gasteiger partial charge in [-0.3, -0.25) is 9.59 Å². The Labute approximate surface area is 145 Å². The van der Waals surface area contributed by atoms with Gasteiger partial charge in [-0.2, -0.15) is 0 Å². The van der Waals surface area contributed by atoms with E-state index in [1.54, 1.807) is 6.07 Å². The molecule has 24 heavy (non-hydrogen) atoms. The zero-order chi connectivity index (χ0) is 17.3. The zero-order valence-electron chi connectivity index (χ0n) is 13.6. The van der Waals surface area contributed by atoms with Gasteiger partial charge in [-0.15, -0.1) is 0 Å². The van der Waals surface area contributed by atoms with Crippen molar-refractivity contribution in [2.24, 2.45) is 0 Å². The number of hydrogen-bond acceptors (Lipinski definition) is 3. The number of aryl methyl sites for hydroxylation is 2. The summed E-state index contributed by atoms with van der Waals surface area (Å²) in [6, 6.07) is 8.37. The summed E-state index contributed by atoms with van der Waals surface area (Å²) in [4.78, 5) is 24.0. The first-order chi connectivity index (χ1) is 11.4. The van der Waals surface area contributed by atoms with Gasteiger partial charge in [0.25, 0.3) is 0 Å². The highest BCUT2D eigenvalue weighted by Gasteiger charge is 2.23. The van der Waals surface area contributed by atoms with E-state index < -0.39 is 0 Å². The zero-order valence-corrected chi connectivity index (χ0v) is 14.4. The third-order valence-electron chi connectivity index (χ3n) is 4.20. The van der Waals surface area contributed by atoms with Gasteiger partial charge in [0.2, 0.25) is 5.91 Å². The van der Waals surface area contributed by atoms with Crippen molar-refractivity contribution in [1.82, 2.24) is 9.88 Å². The molecule has 1 aliphatic rings. The molecule has 1 atom stereocenters. The minimum Gasteiger partial charge on any atom is -0.493 e. The maximum Gasteiger partial charge on any atom is 0.240 e. The van der Waals surface area contributed by atoms with E-state index in [1.807, 2.05) is 30.5 Å². The van der Waals surface area contributed by atoms with E-state index in [0.29, 0.717) is 18.1 Å². The van der Waals surface area contributed by atoms with E-state index in [1.165, 1.54) is 12.1 Å². The van der Waals surface area contributed by atoms with Crippen molar-refractivity contribution in [1.29, 1.82) is 0 Å². The molecule has 1 aromatic carbocycles. The molecule has 0 aliphatic carbocycles. The minimum absolute atomic E-state index is 0.0466. The quantitative estimate of drug-likeness (QED) is 0.929. The Morgan fingerprint density at radius 1 is 1.29 bits per heavy atom. The lowest BCUT2D eigenvalue weighted by molar-refractivity contribution is -0.122. The van der Waals surface area contributed by atoms with E-state index in [0.717, 1.165) is 22.7 Å². The van der Waals surface area contributed by atoms with Crippen molar-refractivity contribution in [2.45, 2.75) is 32.9 Å². The number of carbonyl (C=O) groups excluding carboxylic acids is 1. The average Bonchev–Trinajstić information content (AvgIpc) is 2.51. The molecule has 0 saturated heterocycles. The van der Waals surface area contributed by atoms with E-state index in [-0.39, 0.29) is 23.9 Å². The highest BCUT2D eigenvalue weighted by atomic mass is 35.5. The number of carbonyl (C=O) groups is 1. The van der Waals surface area contributed by atoms with Crippen LogP contribution < -0.4 is 15.5 Å². The third-order valence-corrected chi connectivity index (χ3v) is 4.44. The van der Waals surface area contributed by atoms with Gasteiger partial charge in [-0.25, -0.2) is 0 Å². The molecule has 2 heterocycles. The standard InChI is InChI=1S/C18H19ClN2O3/c1-11-7-14(22)8-12(2)21(11)10-18(23)20-16-5-6-24-17-4-3-13(19)9-15(16)17/h3-4,7-9,16H,5-6,10H2,1-2H3,(H,20,23). The third kappa shape index (κ3) is 3.46. The second-order valence-corrected chi connectivity index (χ2v) is 6.44. The second-order valence-electron chi connectivity index (χ2n) is 6.00. The molecule has 1 N–H and O–H groups in total. The van der Waals surface area contributed by atoms with Crippen LogP contribution in [0.15, 0.2) is 35.1 Å². The highest BCUT2D eigenvalue weighted by molar-refractivity contribution is 6.30. The first-order valence-electron chi connectivity index (χ1n) is 7.84. The molecule has 1 aromatic heterocycles. The molecule has 3 rings (SSSR count). The Morgan fingerprint density at radius 3 is 2.71 bits per heavy atom. The van der Waals surface area contributed by atoms with Gasteiger partial charge in [-0.05, 0) is 32.0 Å². The van der Waals surface area contributed by atoms with Gasteiger partial charge in [-0.1, -0.05) is 11.6 Å². The van der Waals surface area contributed by atoms with Crippen molar-refractivity contribution < 1.29 is 9.53 Å². The van der Waals surface area contributed by atoms with E-state index in [4.69, 9.17) is 16.3 Å². The van der Waals surface area contributed by atoms with Crippen LogP contribution in [-0.2, 0) is 11.3 Å². The van der Waals surface area contributed by atoms with E-state index in [9.17, 15) is 9.59 Å². The molecule has 126 valence electrons. The maximum atomic E-state index is 12.5. The summed E-state index contributed by atoms with van der Waals surface area (Å²) < 4.78 is 7.44. The number of fused-ring (bicyclic) bond motifs is 1. The molecule has 5 nitrogen and oxygen atoms in total. The molecule has 1 unspecified atom stereocenters. The lowest BCUT2D eigenvalue weighted by atomic mass is 10.0. The van der Waals surface area contributed by atoms with Crippen LogP contribution in [0.2, 0.25) is 5.02 Å². The molecular formula is C18H19ClN2O3. The van der Waals surface area contributed by atoms with Crippen molar-refractivity contribution in [3.8, 4) is 5.75 Å². The maximum absolute atomic E-state index is 12.5. The first-order valence-corrected chi connectivity index (χ1v) is 8.21. The molecule has 0 radical (unpaired) electrons. The van der Waals surface area contributed by atoms with Crippen LogP contribution >= 0.6 is 11.6 Å². The highest BCUT2D eigenvalue weighted by Crippen LogP contribution is 2.33. The number of hydrogen-bond donors (Lipinski definition) is 1. The summed E-state index contributed by atoms with van der Waals surface area (Å²) in [5.74, 6) is 0.648. The summed E-state index contributed by atoms with van der Waals surface area (Å²) in [5, 5.41) is 3.66. The molecule has 0 fully saturated rings. The summed E-state index contributed by atoms with van der Waals surface area (Å²) in [7, 11) is 0. The average molecular weight is 347 g/mol. The monoisotopic (exact) mass is 346 g/mol. The number of nitrogens with one attached hydrogen (secondary N) is 1. The Hall–Kier alpha value is -2.27. The van der Waals surface area contributed by atoms with Crippen LogP contribution in [0.1, 0.15) is 29.4 Å². The van der Waals surface area contributed by atoms with Crippen molar-refractivity contribution in [2.75, 3.05) is 6.61 Å². The van der Waals surface area contributed by atoms with Crippen molar-refractivity contribution >= 4 is 17.5 Å². The fourth-order valence-electron chi connectivity index (χ4n) is 3.04. The predicted octanol–water partition coefficient (Wildman–Crippen LogP) is 2.76. The molecular weight excluding hydrogens is 328 g/mol. The van der Waals surface area contributed by atoms with Crippen LogP contribution in [0.4, 0.5) is 0 Å². The van der Waals surface area contributed by atoms with Crippen LogP contribution in [0.25, 0.3) is 0 Å². The van der Waals surface area contributed by atoms with Crippen LogP contribution in [0.3, 0.4) is 0 Å². The van der Waals surface area contributed by atoms with Crippen molar-refractivity contribution in [3.05, 3.63) is 62.5 Å². The Kier molecular flexibility index (Phi) is 4.62. The van der Waals surface area contributed by atoms with Crippen LogP contribution in [-0.4, -0.2) is 17.1 Å². The summed E-state index contributed by atoms with van der Waals surface area (Å²) in [5.41, 5.74) is 2.39. The van der Waals surface area contributed by atoms with Gasteiger partial charge in [0, 0.05) is 40.5 Å². The van der Waals surface area contributed by atoms with Gasteiger partial charge in [0.1, 0.15) is 12.3 Å². The van der Waals surface area contributed by atoms with Gasteiger partial charge in [0.05, 0.1) is 12.6 Å². The number of rotatable bonds is 3. The largest absolute Gasteiger partial charge is 0.493 e. The predicted molar refractivity (Wildman–Crippen MR) is 92.6 cm³/mol. The van der Waals surface area contributed by atoms with Crippen molar-refractivity contribution in [3.63, 3.8) is 0 Å². The lowest BCUT2D eigenvalue weighted by Crippen LogP contribution is -2.35. The minimum atomic E-state index is -0.125. The Morgan fingerprint density at radius 2 is 2.00 bits per heavy atom. The number of aromatic nitrogens is 1. The SMILES string of the molecule is Cc1cc(=O)cc(C)n1CC(=O)NC1CCOc2ccc(Cl)cc21. The Bertz CT molecular complexity index is 818. The fraction of sp³-hybridized carbons (Fsp3) is 0.333. The molecule has 2 aromatic rings. The molecule has 1 amide bonds. The van der Waals surface area contributed by atoms with Crippen LogP contribution in [0.5, 0.6) is 5.75 Å². The summed E-state index contributed by atoms with van der Waals surface area (Å²) in [6.45, 7) is 4.37. The summed E-state index contributed by atoms with van der Waals surface area (Å²) >= 11 is 6.06. The fourth-order valence-corrected chi connectivity index (χ4v) is 3.22. The molecule has 1 aliphatic heterocycles. The van der Waals surface area contributed by atoms with E-state index >= 15 is 0 Å². The summed E-state index contributed by atoms with van der Waals surface area (Å²) in [6.07, 6.45) is 0.696. The first kappa shape index (κ1) is 16.6. The van der Waals surface area contributed by atoms with Gasteiger partial charge in [0.15, 0.2) is 5.43 Å². The number of ether oxygens (including phenoxy) is 1. The van der Waals surface area contributed by atoms with Gasteiger partial charge >= 0.3 is 0 Å². The molecule has 0 saturated carbocycles. The molecule has 6 heteroatoms. The topological polar surface area (TPSA) is 60.3 Å². The normalized spacial score (nSPS) is 16.2. The van der Waals surface area contributed by atoms with E-state index in [2.05, 4.69) is 5.32 Å². The number of amides is 1. The second kappa shape index (κ2) is 6.69. The molecule has 0 bridgehead atoms. The smallest absolute Gasteiger partial charge is 0.240 e. The van der Waals surface area contributed by atoms with Gasteiger partial charge < -0.3 is 14.6 Å². The number of benzene rings is 1. The van der Waals surface area contributed by atoms with Crippen LogP contribution in [0, 0.1) is 13.8 Å². The Balaban J connectivity index is 1.77.